The summed E-state index contributed by atoms with van der Waals surface area (Å²) in [7, 11) is 4.64. The van der Waals surface area contributed by atoms with Gasteiger partial charge in [0.15, 0.2) is 11.5 Å². The number of aromatic nitrogens is 1. The Bertz CT molecular complexity index is 1120. The number of aromatic amines is 1. The molecule has 170 valence electrons. The number of amides is 2. The van der Waals surface area contributed by atoms with Crippen molar-refractivity contribution in [1.82, 2.24) is 10.3 Å². The molecule has 3 aromatic rings. The van der Waals surface area contributed by atoms with Crippen molar-refractivity contribution in [2.75, 3.05) is 26.6 Å². The maximum absolute atomic E-state index is 12.8. The second kappa shape index (κ2) is 10.1. The van der Waals surface area contributed by atoms with Crippen LogP contribution in [0.3, 0.4) is 0 Å². The fourth-order valence-electron chi connectivity index (χ4n) is 3.35. The molecular formula is C24H29N3O5. The van der Waals surface area contributed by atoms with E-state index in [1.807, 2.05) is 38.1 Å². The summed E-state index contributed by atoms with van der Waals surface area (Å²) >= 11 is 0. The number of methoxy groups -OCH3 is 3. The number of carbonyl (C=O) groups excluding carboxylic acids is 2. The molecule has 1 unspecified atom stereocenters. The van der Waals surface area contributed by atoms with E-state index < -0.39 is 0 Å². The Morgan fingerprint density at radius 1 is 1.03 bits per heavy atom. The Balaban J connectivity index is 1.77. The molecule has 8 heteroatoms. The van der Waals surface area contributed by atoms with Gasteiger partial charge in [0.2, 0.25) is 5.91 Å². The summed E-state index contributed by atoms with van der Waals surface area (Å²) in [5.41, 5.74) is 2.55. The summed E-state index contributed by atoms with van der Waals surface area (Å²) < 4.78 is 16.3. The normalized spacial score (nSPS) is 11.7. The molecule has 1 atom stereocenters. The lowest BCUT2D eigenvalue weighted by Crippen LogP contribution is -2.23. The van der Waals surface area contributed by atoms with Gasteiger partial charge in [-0.2, -0.15) is 0 Å². The van der Waals surface area contributed by atoms with Crippen LogP contribution < -0.4 is 24.8 Å². The standard InChI is InChI=1S/C24H29N3O5/c1-6-14(2)23(28)26-16-9-7-8-15(10-16)13-25-24(29)18-11-17-19(30-3)12-20(31-4)22(32-5)21(17)27-18/h7-12,14,27H,6,13H2,1-5H3,(H,25,29)(H,26,28). The molecule has 8 nitrogen and oxygen atoms in total. The molecule has 2 amide bonds. The number of carbonyl (C=O) groups is 2. The third-order valence-electron chi connectivity index (χ3n) is 5.39. The third-order valence-corrected chi connectivity index (χ3v) is 5.39. The largest absolute Gasteiger partial charge is 0.496 e. The van der Waals surface area contributed by atoms with Crippen molar-refractivity contribution >= 4 is 28.4 Å². The van der Waals surface area contributed by atoms with E-state index in [0.717, 1.165) is 12.0 Å². The lowest BCUT2D eigenvalue weighted by Gasteiger charge is -2.11. The first-order valence-electron chi connectivity index (χ1n) is 10.4. The first-order chi connectivity index (χ1) is 15.4. The van der Waals surface area contributed by atoms with Crippen LogP contribution in [0.5, 0.6) is 17.2 Å². The maximum atomic E-state index is 12.8. The molecule has 0 aliphatic carbocycles. The van der Waals surface area contributed by atoms with E-state index in [0.29, 0.717) is 46.1 Å². The van der Waals surface area contributed by atoms with Crippen molar-refractivity contribution in [2.24, 2.45) is 5.92 Å². The first kappa shape index (κ1) is 23.0. The molecule has 0 bridgehead atoms. The number of H-pyrrole nitrogens is 1. The summed E-state index contributed by atoms with van der Waals surface area (Å²) in [5, 5.41) is 6.52. The minimum atomic E-state index is -0.279. The Morgan fingerprint density at radius 2 is 1.78 bits per heavy atom. The molecule has 0 radical (unpaired) electrons. The van der Waals surface area contributed by atoms with E-state index in [2.05, 4.69) is 15.6 Å². The molecule has 2 aromatic carbocycles. The average Bonchev–Trinajstić information content (AvgIpc) is 3.26. The van der Waals surface area contributed by atoms with Gasteiger partial charge in [-0.3, -0.25) is 9.59 Å². The summed E-state index contributed by atoms with van der Waals surface area (Å²) in [5.74, 6) is 1.20. The van der Waals surface area contributed by atoms with Crippen molar-refractivity contribution in [3.05, 3.63) is 47.7 Å². The molecular weight excluding hydrogens is 410 g/mol. The van der Waals surface area contributed by atoms with E-state index in [-0.39, 0.29) is 17.7 Å². The van der Waals surface area contributed by atoms with Gasteiger partial charge in [0.05, 0.1) is 26.8 Å². The van der Waals surface area contributed by atoms with Crippen LogP contribution in [0.4, 0.5) is 5.69 Å². The van der Waals surface area contributed by atoms with Crippen molar-refractivity contribution in [3.63, 3.8) is 0 Å². The van der Waals surface area contributed by atoms with Gasteiger partial charge >= 0.3 is 0 Å². The Kier molecular flexibility index (Phi) is 7.25. The predicted molar refractivity (Wildman–Crippen MR) is 124 cm³/mol. The van der Waals surface area contributed by atoms with Crippen molar-refractivity contribution in [3.8, 4) is 17.2 Å². The number of ether oxygens (including phenoxy) is 3. The highest BCUT2D eigenvalue weighted by Gasteiger charge is 2.19. The minimum Gasteiger partial charge on any atom is -0.496 e. The van der Waals surface area contributed by atoms with Crippen LogP contribution in [-0.2, 0) is 11.3 Å². The minimum absolute atomic E-state index is 0.0231. The van der Waals surface area contributed by atoms with Crippen LogP contribution in [0, 0.1) is 5.92 Å². The Morgan fingerprint density at radius 3 is 2.44 bits per heavy atom. The molecule has 32 heavy (non-hydrogen) atoms. The van der Waals surface area contributed by atoms with E-state index in [4.69, 9.17) is 14.2 Å². The number of rotatable bonds is 9. The highest BCUT2D eigenvalue weighted by molar-refractivity contribution is 6.02. The van der Waals surface area contributed by atoms with Gasteiger partial charge in [0.25, 0.3) is 5.91 Å². The van der Waals surface area contributed by atoms with Crippen LogP contribution in [0.2, 0.25) is 0 Å². The molecule has 0 aliphatic rings. The molecule has 3 N–H and O–H groups in total. The van der Waals surface area contributed by atoms with Crippen LogP contribution in [0.15, 0.2) is 36.4 Å². The Labute approximate surface area is 187 Å². The molecule has 0 saturated heterocycles. The fraction of sp³-hybridized carbons (Fsp3) is 0.333. The van der Waals surface area contributed by atoms with Crippen molar-refractivity contribution in [2.45, 2.75) is 26.8 Å². The van der Waals surface area contributed by atoms with E-state index in [9.17, 15) is 9.59 Å². The molecule has 0 spiro atoms. The SMILES string of the molecule is CCC(C)C(=O)Nc1cccc(CNC(=O)c2cc3c(OC)cc(OC)c(OC)c3[nH]2)c1. The van der Waals surface area contributed by atoms with E-state index in [1.54, 1.807) is 26.4 Å². The summed E-state index contributed by atoms with van der Waals surface area (Å²) in [6, 6.07) is 10.8. The second-order valence-corrected chi connectivity index (χ2v) is 7.47. The average molecular weight is 440 g/mol. The maximum Gasteiger partial charge on any atom is 0.268 e. The quantitative estimate of drug-likeness (QED) is 0.466. The topological polar surface area (TPSA) is 102 Å². The number of nitrogens with one attached hydrogen (secondary N) is 3. The summed E-state index contributed by atoms with van der Waals surface area (Å²) in [4.78, 5) is 28.0. The van der Waals surface area contributed by atoms with Gasteiger partial charge in [0, 0.05) is 29.6 Å². The van der Waals surface area contributed by atoms with Crippen LogP contribution in [-0.4, -0.2) is 38.1 Å². The zero-order valence-corrected chi connectivity index (χ0v) is 19.0. The predicted octanol–water partition coefficient (Wildman–Crippen LogP) is 4.11. The zero-order chi connectivity index (χ0) is 23.3. The van der Waals surface area contributed by atoms with Gasteiger partial charge in [-0.1, -0.05) is 26.0 Å². The number of hydrogen-bond acceptors (Lipinski definition) is 5. The number of hydrogen-bond donors (Lipinski definition) is 3. The lowest BCUT2D eigenvalue weighted by atomic mass is 10.1. The highest BCUT2D eigenvalue weighted by Crippen LogP contribution is 2.41. The van der Waals surface area contributed by atoms with Gasteiger partial charge in [0.1, 0.15) is 11.4 Å². The first-order valence-corrected chi connectivity index (χ1v) is 10.4. The van der Waals surface area contributed by atoms with Gasteiger partial charge in [-0.05, 0) is 30.2 Å². The molecule has 3 rings (SSSR count). The Hall–Kier alpha value is -3.68. The van der Waals surface area contributed by atoms with Crippen molar-refractivity contribution in [1.29, 1.82) is 0 Å². The fourth-order valence-corrected chi connectivity index (χ4v) is 3.35. The molecule has 1 aromatic heterocycles. The monoisotopic (exact) mass is 439 g/mol. The van der Waals surface area contributed by atoms with Crippen LogP contribution in [0.25, 0.3) is 10.9 Å². The van der Waals surface area contributed by atoms with E-state index >= 15 is 0 Å². The number of fused-ring (bicyclic) bond motifs is 1. The van der Waals surface area contributed by atoms with Crippen molar-refractivity contribution < 1.29 is 23.8 Å². The third kappa shape index (κ3) is 4.80. The summed E-state index contributed by atoms with van der Waals surface area (Å²) in [6.45, 7) is 4.17. The molecule has 0 fully saturated rings. The molecule has 1 heterocycles. The highest BCUT2D eigenvalue weighted by atomic mass is 16.5. The number of benzene rings is 2. The second-order valence-electron chi connectivity index (χ2n) is 7.47. The smallest absolute Gasteiger partial charge is 0.268 e. The van der Waals surface area contributed by atoms with Gasteiger partial charge < -0.3 is 29.8 Å². The number of anilines is 1. The van der Waals surface area contributed by atoms with Gasteiger partial charge in [-0.15, -0.1) is 0 Å². The molecule has 0 saturated carbocycles. The lowest BCUT2D eigenvalue weighted by molar-refractivity contribution is -0.119. The molecule has 0 aliphatic heterocycles. The zero-order valence-electron chi connectivity index (χ0n) is 19.0. The van der Waals surface area contributed by atoms with Crippen LogP contribution in [0.1, 0.15) is 36.3 Å². The van der Waals surface area contributed by atoms with Crippen LogP contribution >= 0.6 is 0 Å². The van der Waals surface area contributed by atoms with Gasteiger partial charge in [-0.25, -0.2) is 0 Å². The summed E-state index contributed by atoms with van der Waals surface area (Å²) in [6.07, 6.45) is 0.771. The van der Waals surface area contributed by atoms with E-state index in [1.165, 1.54) is 7.11 Å².